The predicted molar refractivity (Wildman–Crippen MR) is 135 cm³/mol. The Bertz CT molecular complexity index is 1310. The van der Waals surface area contributed by atoms with Gasteiger partial charge in [0.15, 0.2) is 5.65 Å². The third-order valence-corrected chi connectivity index (χ3v) is 6.53. The second-order valence-electron chi connectivity index (χ2n) is 8.98. The minimum absolute atomic E-state index is 0.384. The fourth-order valence-electron chi connectivity index (χ4n) is 4.97. The first-order valence-corrected chi connectivity index (χ1v) is 11.5. The molecule has 4 aromatic rings. The van der Waals surface area contributed by atoms with Crippen LogP contribution in [-0.2, 0) is 0 Å². The summed E-state index contributed by atoms with van der Waals surface area (Å²) in [6, 6.07) is 19.4. The van der Waals surface area contributed by atoms with E-state index in [0.29, 0.717) is 6.04 Å². The maximum atomic E-state index is 5.65. The first-order valence-electron chi connectivity index (χ1n) is 11.5. The highest BCUT2D eigenvalue weighted by molar-refractivity contribution is 5.84. The van der Waals surface area contributed by atoms with Gasteiger partial charge in [-0.1, -0.05) is 30.3 Å². The van der Waals surface area contributed by atoms with Gasteiger partial charge in [0, 0.05) is 48.7 Å². The summed E-state index contributed by atoms with van der Waals surface area (Å²) in [7, 11) is 1.71. The van der Waals surface area contributed by atoms with Crippen molar-refractivity contribution in [3.05, 3.63) is 71.5 Å². The van der Waals surface area contributed by atoms with Gasteiger partial charge in [-0.25, -0.2) is 4.98 Å². The first-order chi connectivity index (χ1) is 16.0. The van der Waals surface area contributed by atoms with Crippen LogP contribution >= 0.6 is 0 Å². The number of hydrogen-bond acceptors (Lipinski definition) is 5. The molecule has 0 saturated carbocycles. The number of ether oxygens (including phenoxy) is 1. The van der Waals surface area contributed by atoms with Gasteiger partial charge in [-0.15, -0.1) is 0 Å². The summed E-state index contributed by atoms with van der Waals surface area (Å²) in [5.74, 6) is 1.93. The molecule has 1 saturated heterocycles. The van der Waals surface area contributed by atoms with Crippen LogP contribution in [0.4, 0.5) is 11.5 Å². The molecule has 0 spiro atoms. The SMILES string of the molecule is COc1ccccc1-c1c(C)nn2c(N3CCN(c4cccc(C)c4)[C@@H](C)C3)cc(C)nc12. The maximum Gasteiger partial charge on any atom is 0.165 e. The molecule has 5 rings (SSSR count). The van der Waals surface area contributed by atoms with Crippen molar-refractivity contribution >= 4 is 17.2 Å². The van der Waals surface area contributed by atoms with Crippen molar-refractivity contribution in [2.24, 2.45) is 0 Å². The number of fused-ring (bicyclic) bond motifs is 1. The van der Waals surface area contributed by atoms with Crippen LogP contribution < -0.4 is 14.5 Å². The molecule has 0 aliphatic carbocycles. The largest absolute Gasteiger partial charge is 0.496 e. The summed E-state index contributed by atoms with van der Waals surface area (Å²) < 4.78 is 7.66. The Hall–Kier alpha value is -3.54. The summed E-state index contributed by atoms with van der Waals surface area (Å²) >= 11 is 0. The lowest BCUT2D eigenvalue weighted by Crippen LogP contribution is -2.52. The zero-order valence-corrected chi connectivity index (χ0v) is 20.0. The topological polar surface area (TPSA) is 45.9 Å². The fourth-order valence-corrected chi connectivity index (χ4v) is 4.97. The van der Waals surface area contributed by atoms with Crippen molar-refractivity contribution in [1.82, 2.24) is 14.6 Å². The Balaban J connectivity index is 1.54. The number of benzene rings is 2. The summed E-state index contributed by atoms with van der Waals surface area (Å²) in [4.78, 5) is 9.85. The smallest absolute Gasteiger partial charge is 0.165 e. The lowest BCUT2D eigenvalue weighted by Gasteiger charge is -2.42. The summed E-state index contributed by atoms with van der Waals surface area (Å²) in [6.45, 7) is 11.4. The lowest BCUT2D eigenvalue weighted by atomic mass is 10.1. The van der Waals surface area contributed by atoms with Gasteiger partial charge < -0.3 is 14.5 Å². The maximum absolute atomic E-state index is 5.65. The van der Waals surface area contributed by atoms with E-state index in [4.69, 9.17) is 14.8 Å². The average Bonchev–Trinajstić information content (AvgIpc) is 3.13. The Kier molecular flexibility index (Phi) is 5.44. The molecule has 6 nitrogen and oxygen atoms in total. The Morgan fingerprint density at radius 2 is 1.79 bits per heavy atom. The number of hydrogen-bond donors (Lipinski definition) is 0. The molecule has 0 unspecified atom stereocenters. The highest BCUT2D eigenvalue weighted by atomic mass is 16.5. The zero-order chi connectivity index (χ0) is 23.1. The Morgan fingerprint density at radius 1 is 0.970 bits per heavy atom. The molecule has 170 valence electrons. The molecule has 2 aromatic carbocycles. The average molecular weight is 442 g/mol. The number of rotatable bonds is 4. The lowest BCUT2D eigenvalue weighted by molar-refractivity contribution is 0.416. The van der Waals surface area contributed by atoms with Crippen LogP contribution in [0.3, 0.4) is 0 Å². The number of nitrogens with zero attached hydrogens (tertiary/aromatic N) is 5. The minimum atomic E-state index is 0.384. The van der Waals surface area contributed by atoms with Crippen molar-refractivity contribution in [3.63, 3.8) is 0 Å². The van der Waals surface area contributed by atoms with E-state index in [2.05, 4.69) is 67.0 Å². The van der Waals surface area contributed by atoms with Gasteiger partial charge in [0.25, 0.3) is 0 Å². The van der Waals surface area contributed by atoms with Gasteiger partial charge in [0.05, 0.1) is 18.4 Å². The monoisotopic (exact) mass is 441 g/mol. The Labute approximate surface area is 195 Å². The molecule has 3 heterocycles. The van der Waals surface area contributed by atoms with Crippen LogP contribution in [0.1, 0.15) is 23.9 Å². The number of para-hydroxylation sites is 1. The van der Waals surface area contributed by atoms with E-state index in [0.717, 1.165) is 59.4 Å². The van der Waals surface area contributed by atoms with Crippen molar-refractivity contribution in [2.45, 2.75) is 33.7 Å². The molecule has 0 radical (unpaired) electrons. The standard InChI is InChI=1S/C27H31N5O/c1-18-9-8-10-22(15-18)31-14-13-30(17-20(31)3)25-16-19(2)28-27-26(21(4)29-32(25)27)23-11-6-7-12-24(23)33-5/h6-12,15-16,20H,13-14,17H2,1-5H3/t20-/m0/s1. The molecule has 0 bridgehead atoms. The normalized spacial score (nSPS) is 16.5. The van der Waals surface area contributed by atoms with Gasteiger partial charge in [0.1, 0.15) is 11.6 Å². The molecule has 1 aliphatic heterocycles. The molecule has 0 N–H and O–H groups in total. The van der Waals surface area contributed by atoms with Gasteiger partial charge in [0.2, 0.25) is 0 Å². The summed E-state index contributed by atoms with van der Waals surface area (Å²) in [6.07, 6.45) is 0. The molecular weight excluding hydrogens is 410 g/mol. The van der Waals surface area contributed by atoms with Gasteiger partial charge in [-0.05, 0) is 51.5 Å². The van der Waals surface area contributed by atoms with Gasteiger partial charge in [-0.2, -0.15) is 9.61 Å². The van der Waals surface area contributed by atoms with E-state index in [1.807, 2.05) is 29.6 Å². The van der Waals surface area contributed by atoms with Crippen LogP contribution in [-0.4, -0.2) is 47.4 Å². The van der Waals surface area contributed by atoms with Crippen molar-refractivity contribution in [2.75, 3.05) is 36.5 Å². The van der Waals surface area contributed by atoms with Crippen molar-refractivity contribution < 1.29 is 4.74 Å². The van der Waals surface area contributed by atoms with Crippen LogP contribution in [0.2, 0.25) is 0 Å². The molecule has 2 aromatic heterocycles. The second-order valence-corrected chi connectivity index (χ2v) is 8.98. The quantitative estimate of drug-likeness (QED) is 0.444. The molecule has 1 aliphatic rings. The van der Waals surface area contributed by atoms with E-state index in [-0.39, 0.29) is 0 Å². The number of methoxy groups -OCH3 is 1. The van der Waals surface area contributed by atoms with E-state index >= 15 is 0 Å². The highest BCUT2D eigenvalue weighted by Crippen LogP contribution is 2.36. The highest BCUT2D eigenvalue weighted by Gasteiger charge is 2.27. The molecule has 1 fully saturated rings. The Morgan fingerprint density at radius 3 is 2.55 bits per heavy atom. The van der Waals surface area contributed by atoms with E-state index in [1.165, 1.54) is 11.3 Å². The minimum Gasteiger partial charge on any atom is -0.496 e. The number of aromatic nitrogens is 3. The molecule has 33 heavy (non-hydrogen) atoms. The second kappa shape index (κ2) is 8.43. The predicted octanol–water partition coefficient (Wildman–Crippen LogP) is 5.05. The van der Waals surface area contributed by atoms with Crippen LogP contribution in [0.25, 0.3) is 16.8 Å². The summed E-state index contributed by atoms with van der Waals surface area (Å²) in [5, 5.41) is 4.94. The van der Waals surface area contributed by atoms with E-state index < -0.39 is 0 Å². The number of aryl methyl sites for hydroxylation is 3. The third kappa shape index (κ3) is 3.80. The van der Waals surface area contributed by atoms with Crippen molar-refractivity contribution in [1.29, 1.82) is 0 Å². The third-order valence-electron chi connectivity index (χ3n) is 6.53. The summed E-state index contributed by atoms with van der Waals surface area (Å²) in [5.41, 5.74) is 7.46. The van der Waals surface area contributed by atoms with Gasteiger partial charge >= 0.3 is 0 Å². The number of anilines is 2. The van der Waals surface area contributed by atoms with Crippen LogP contribution in [0, 0.1) is 20.8 Å². The molecule has 6 heteroatoms. The van der Waals surface area contributed by atoms with Crippen molar-refractivity contribution in [3.8, 4) is 16.9 Å². The molecule has 1 atom stereocenters. The number of piperazine rings is 1. The van der Waals surface area contributed by atoms with E-state index in [9.17, 15) is 0 Å². The van der Waals surface area contributed by atoms with E-state index in [1.54, 1.807) is 7.11 Å². The molecular formula is C27H31N5O. The van der Waals surface area contributed by atoms with Gasteiger partial charge in [-0.3, -0.25) is 0 Å². The first kappa shape index (κ1) is 21.3. The molecule has 0 amide bonds. The fraction of sp³-hybridized carbons (Fsp3) is 0.333. The van der Waals surface area contributed by atoms with Crippen LogP contribution in [0.15, 0.2) is 54.6 Å². The zero-order valence-electron chi connectivity index (χ0n) is 20.0. The van der Waals surface area contributed by atoms with Crippen LogP contribution in [0.5, 0.6) is 5.75 Å².